The first-order chi connectivity index (χ1) is 6.16. The van der Waals surface area contributed by atoms with Crippen molar-refractivity contribution in [1.82, 2.24) is 15.1 Å². The topological polar surface area (TPSA) is 54.7 Å². The Kier molecular flexibility index (Phi) is 1.55. The molecular formula is C9H9N3O. The number of nitrogens with one attached hydrogen (secondary N) is 1. The van der Waals surface area contributed by atoms with E-state index in [1.165, 1.54) is 0 Å². The summed E-state index contributed by atoms with van der Waals surface area (Å²) in [4.78, 5) is 7.07. The van der Waals surface area contributed by atoms with Gasteiger partial charge in [0.25, 0.3) is 5.89 Å². The third kappa shape index (κ3) is 1.26. The molecule has 0 saturated carbocycles. The lowest BCUT2D eigenvalue weighted by Gasteiger charge is -1.83. The van der Waals surface area contributed by atoms with E-state index in [9.17, 15) is 0 Å². The van der Waals surface area contributed by atoms with Crippen molar-refractivity contribution >= 4 is 13.2 Å². The van der Waals surface area contributed by atoms with Gasteiger partial charge in [0.15, 0.2) is 5.82 Å². The molecule has 2 heterocycles. The zero-order chi connectivity index (χ0) is 9.42. The molecule has 2 aromatic rings. The number of H-pyrrole nitrogens is 1. The summed E-state index contributed by atoms with van der Waals surface area (Å²) in [6.07, 6.45) is 0. The summed E-state index contributed by atoms with van der Waals surface area (Å²) < 4.78 is 4.97. The predicted octanol–water partition coefficient (Wildman–Crippen LogP) is 0.194. The molecule has 0 saturated heterocycles. The highest BCUT2D eigenvalue weighted by molar-refractivity contribution is 5.47. The highest BCUT2D eigenvalue weighted by Crippen LogP contribution is 2.09. The number of aryl methyl sites for hydroxylation is 1. The second-order valence-corrected chi connectivity index (χ2v) is 2.83. The van der Waals surface area contributed by atoms with Gasteiger partial charge >= 0.3 is 0 Å². The van der Waals surface area contributed by atoms with Gasteiger partial charge in [0.1, 0.15) is 5.69 Å². The Labute approximate surface area is 74.6 Å². The molecule has 0 fully saturated rings. The molecule has 2 rings (SSSR count). The maximum Gasteiger partial charge on any atom is 0.274 e. The summed E-state index contributed by atoms with van der Waals surface area (Å²) in [6.45, 7) is 9.32. The van der Waals surface area contributed by atoms with E-state index in [0.717, 1.165) is 16.3 Å². The molecule has 0 bridgehead atoms. The number of rotatable bonds is 1. The summed E-state index contributed by atoms with van der Waals surface area (Å²) in [7, 11) is 0. The van der Waals surface area contributed by atoms with Gasteiger partial charge in [-0.15, -0.1) is 0 Å². The van der Waals surface area contributed by atoms with Gasteiger partial charge in [0, 0.05) is 5.35 Å². The van der Waals surface area contributed by atoms with Crippen LogP contribution in [0.2, 0.25) is 0 Å². The molecule has 0 aliphatic carbocycles. The van der Waals surface area contributed by atoms with Crippen molar-refractivity contribution in [2.45, 2.75) is 6.92 Å². The van der Waals surface area contributed by atoms with E-state index in [1.807, 2.05) is 6.07 Å². The number of hydrogen-bond acceptors (Lipinski definition) is 3. The lowest BCUT2D eigenvalue weighted by Crippen LogP contribution is -2.17. The normalized spacial score (nSPS) is 10.5. The number of hydrogen-bond donors (Lipinski definition) is 1. The molecule has 0 aromatic carbocycles. The summed E-state index contributed by atoms with van der Waals surface area (Å²) in [6, 6.07) is 1.83. The van der Waals surface area contributed by atoms with Crippen molar-refractivity contribution in [2.75, 3.05) is 0 Å². The molecule has 4 nitrogen and oxygen atoms in total. The summed E-state index contributed by atoms with van der Waals surface area (Å²) in [5.41, 5.74) is 0.760. The molecule has 0 aliphatic heterocycles. The van der Waals surface area contributed by atoms with Crippen LogP contribution in [0.1, 0.15) is 5.82 Å². The van der Waals surface area contributed by atoms with Crippen molar-refractivity contribution in [3.05, 3.63) is 22.5 Å². The van der Waals surface area contributed by atoms with Crippen LogP contribution in [0.15, 0.2) is 10.6 Å². The third-order valence-corrected chi connectivity index (χ3v) is 1.75. The Balaban J connectivity index is 2.59. The van der Waals surface area contributed by atoms with E-state index in [0.29, 0.717) is 11.7 Å². The minimum atomic E-state index is 0.470. The molecule has 0 aliphatic rings. The van der Waals surface area contributed by atoms with Gasteiger partial charge in [-0.05, 0) is 18.2 Å². The molecule has 0 radical (unpaired) electrons. The van der Waals surface area contributed by atoms with E-state index in [1.54, 1.807) is 6.92 Å². The SMILES string of the molecule is C=c1cc(-c2nc(C)no2)[nH]c1=C. The first-order valence-corrected chi connectivity index (χ1v) is 3.84. The number of aromatic nitrogens is 3. The van der Waals surface area contributed by atoms with Crippen LogP contribution in [-0.2, 0) is 0 Å². The van der Waals surface area contributed by atoms with Gasteiger partial charge in [0.2, 0.25) is 0 Å². The van der Waals surface area contributed by atoms with Crippen molar-refractivity contribution in [1.29, 1.82) is 0 Å². The summed E-state index contributed by atoms with van der Waals surface area (Å²) in [5, 5.41) is 5.29. The van der Waals surface area contributed by atoms with Gasteiger partial charge in [0.05, 0.1) is 0 Å². The largest absolute Gasteiger partial charge is 0.351 e. The fourth-order valence-electron chi connectivity index (χ4n) is 1.06. The molecule has 2 aromatic heterocycles. The zero-order valence-corrected chi connectivity index (χ0v) is 7.29. The maximum atomic E-state index is 4.97. The van der Waals surface area contributed by atoms with Gasteiger partial charge < -0.3 is 9.51 Å². The monoisotopic (exact) mass is 175 g/mol. The third-order valence-electron chi connectivity index (χ3n) is 1.75. The summed E-state index contributed by atoms with van der Waals surface area (Å²) in [5.74, 6) is 1.08. The van der Waals surface area contributed by atoms with Crippen molar-refractivity contribution in [2.24, 2.45) is 0 Å². The molecule has 66 valence electrons. The zero-order valence-electron chi connectivity index (χ0n) is 7.29. The van der Waals surface area contributed by atoms with Crippen LogP contribution in [0.3, 0.4) is 0 Å². The Morgan fingerprint density at radius 3 is 2.69 bits per heavy atom. The quantitative estimate of drug-likeness (QED) is 0.673. The molecular weight excluding hydrogens is 166 g/mol. The highest BCUT2D eigenvalue weighted by Gasteiger charge is 2.06. The first-order valence-electron chi connectivity index (χ1n) is 3.84. The minimum Gasteiger partial charge on any atom is -0.351 e. The minimum absolute atomic E-state index is 0.470. The van der Waals surface area contributed by atoms with Crippen LogP contribution in [0, 0.1) is 6.92 Å². The highest BCUT2D eigenvalue weighted by atomic mass is 16.5. The second-order valence-electron chi connectivity index (χ2n) is 2.83. The summed E-state index contributed by atoms with van der Waals surface area (Å²) >= 11 is 0. The Hall–Kier alpha value is -1.84. The van der Waals surface area contributed by atoms with Gasteiger partial charge in [-0.2, -0.15) is 4.98 Å². The predicted molar refractivity (Wildman–Crippen MR) is 49.1 cm³/mol. The average Bonchev–Trinajstić information content (AvgIpc) is 2.61. The number of aromatic amines is 1. The van der Waals surface area contributed by atoms with Gasteiger partial charge in [-0.3, -0.25) is 0 Å². The Morgan fingerprint density at radius 1 is 1.46 bits per heavy atom. The van der Waals surface area contributed by atoms with Crippen molar-refractivity contribution < 1.29 is 4.52 Å². The lowest BCUT2D eigenvalue weighted by atomic mass is 10.4. The molecule has 0 spiro atoms. The van der Waals surface area contributed by atoms with E-state index >= 15 is 0 Å². The maximum absolute atomic E-state index is 4.97. The molecule has 0 amide bonds. The van der Waals surface area contributed by atoms with E-state index in [2.05, 4.69) is 28.3 Å². The lowest BCUT2D eigenvalue weighted by molar-refractivity contribution is 0.424. The average molecular weight is 175 g/mol. The molecule has 4 heteroatoms. The van der Waals surface area contributed by atoms with Crippen LogP contribution in [-0.4, -0.2) is 15.1 Å². The molecule has 13 heavy (non-hydrogen) atoms. The van der Waals surface area contributed by atoms with E-state index in [4.69, 9.17) is 4.52 Å². The Morgan fingerprint density at radius 2 is 2.23 bits per heavy atom. The van der Waals surface area contributed by atoms with Crippen LogP contribution in [0.5, 0.6) is 0 Å². The fraction of sp³-hybridized carbons (Fsp3) is 0.111. The molecule has 0 unspecified atom stereocenters. The van der Waals surface area contributed by atoms with Crippen molar-refractivity contribution in [3.63, 3.8) is 0 Å². The second kappa shape index (κ2) is 2.58. The smallest absolute Gasteiger partial charge is 0.274 e. The van der Waals surface area contributed by atoms with Crippen LogP contribution in [0.4, 0.5) is 0 Å². The standard InChI is InChI=1S/C9H9N3O/c1-5-4-8(10-6(5)2)9-11-7(3)12-13-9/h4,10H,1-2H2,3H3. The van der Waals surface area contributed by atoms with Gasteiger partial charge in [-0.25, -0.2) is 0 Å². The fourth-order valence-corrected chi connectivity index (χ4v) is 1.06. The first kappa shape index (κ1) is 7.79. The molecule has 1 N–H and O–H groups in total. The number of nitrogens with zero attached hydrogens (tertiary/aromatic N) is 2. The molecule has 0 atom stereocenters. The van der Waals surface area contributed by atoms with Crippen LogP contribution in [0.25, 0.3) is 24.7 Å². The van der Waals surface area contributed by atoms with E-state index < -0.39 is 0 Å². The Bertz CT molecular complexity index is 496. The van der Waals surface area contributed by atoms with Crippen LogP contribution >= 0.6 is 0 Å². The van der Waals surface area contributed by atoms with Gasteiger partial charge in [-0.1, -0.05) is 18.3 Å². The van der Waals surface area contributed by atoms with Crippen molar-refractivity contribution in [3.8, 4) is 11.6 Å². The van der Waals surface area contributed by atoms with Crippen LogP contribution < -0.4 is 10.6 Å². The van der Waals surface area contributed by atoms with E-state index in [-0.39, 0.29) is 0 Å².